The molecule has 2 aliphatic rings. The van der Waals surface area contributed by atoms with Crippen LogP contribution in [-0.2, 0) is 60.1 Å². The van der Waals surface area contributed by atoms with Crippen LogP contribution in [0.1, 0.15) is 152 Å². The van der Waals surface area contributed by atoms with Crippen LogP contribution in [0.25, 0.3) is 22.3 Å². The average Bonchev–Trinajstić information content (AvgIpc) is 0.758. The first kappa shape index (κ1) is 110. The normalized spacial score (nSPS) is 13.3. The number of aromatic carboxylic acids is 1. The molecule has 0 radical (unpaired) electrons. The topological polar surface area (TPSA) is 420 Å². The second-order valence-electron chi connectivity index (χ2n) is 30.2. The van der Waals surface area contributed by atoms with Gasteiger partial charge < -0.3 is 90.6 Å². The van der Waals surface area contributed by atoms with Crippen molar-refractivity contribution in [3.8, 4) is 45.3 Å². The Morgan fingerprint density at radius 3 is 1.05 bits per heavy atom. The van der Waals surface area contributed by atoms with Crippen LogP contribution in [0.15, 0.2) is 92.0 Å². The van der Waals surface area contributed by atoms with Gasteiger partial charge in [-0.3, -0.25) is 28.3 Å². The van der Waals surface area contributed by atoms with Crippen molar-refractivity contribution in [3.63, 3.8) is 0 Å². The molecular weight excluding hydrogens is 1750 g/mol. The fourth-order valence-corrected chi connectivity index (χ4v) is 12.8. The average molecular weight is 1850 g/mol. The number of nitrogens with zero attached hydrogens (tertiary/aromatic N) is 4. The molecular formula is C85H97F14LiN10O20. The molecule has 130 heavy (non-hydrogen) atoms. The molecule has 0 unspecified atom stereocenters. The number of anilines is 4. The quantitative estimate of drug-likeness (QED) is 0.0142. The van der Waals surface area contributed by atoms with Crippen molar-refractivity contribution < 1.29 is 159 Å². The maximum absolute atomic E-state index is 14.9. The Morgan fingerprint density at radius 2 is 0.762 bits per heavy atom. The number of carbonyl (C=O) groups excluding carboxylic acids is 4. The predicted octanol–water partition coefficient (Wildman–Crippen LogP) is 9.67. The molecule has 706 valence electrons. The van der Waals surface area contributed by atoms with Gasteiger partial charge in [0.15, 0.2) is 23.0 Å². The molecule has 0 saturated carbocycles. The fourth-order valence-electron chi connectivity index (χ4n) is 12.8. The zero-order chi connectivity index (χ0) is 95.3. The zero-order valence-corrected chi connectivity index (χ0v) is 73.4. The van der Waals surface area contributed by atoms with Crippen LogP contribution in [0.3, 0.4) is 0 Å². The van der Waals surface area contributed by atoms with Crippen LogP contribution in [0, 0.1) is 60.4 Å². The van der Waals surface area contributed by atoms with Gasteiger partial charge in [-0.1, -0.05) is 39.8 Å². The smallest absolute Gasteiger partial charge is 0.870 e. The van der Waals surface area contributed by atoms with Gasteiger partial charge >= 0.3 is 66.5 Å². The number of methoxy groups -OCH3 is 1. The fraction of sp³-hybridized carbons (Fsp3) is 0.412. The molecule has 4 heterocycles. The molecule has 6 atom stereocenters. The number of esters is 2. The van der Waals surface area contributed by atoms with E-state index in [-0.39, 0.29) is 140 Å². The third-order valence-corrected chi connectivity index (χ3v) is 20.0. The van der Waals surface area contributed by atoms with Crippen molar-refractivity contribution >= 4 is 58.4 Å². The van der Waals surface area contributed by atoms with Crippen molar-refractivity contribution in [2.45, 2.75) is 169 Å². The Bertz CT molecular complexity index is 5650. The molecule has 0 aliphatic carbocycles. The predicted molar refractivity (Wildman–Crippen MR) is 443 cm³/mol. The molecule has 10 rings (SSSR count). The van der Waals surface area contributed by atoms with E-state index in [0.717, 1.165) is 40.5 Å². The third kappa shape index (κ3) is 26.6. The third-order valence-electron chi connectivity index (χ3n) is 20.0. The number of amides is 2. The van der Waals surface area contributed by atoms with E-state index in [9.17, 15) is 115 Å². The summed E-state index contributed by atoms with van der Waals surface area (Å²) in [5, 5.41) is 32.8. The SMILES string of the molecule is CC[C@@H](Nc1cc(F)c(C(=O)O)c(F)c1)C(F)(F)F.CC[C@@H](Nc1cc(F)c(C(=O)OC(C)(C)C)c(F)c1)C(F)(F)F.CC[C@H](C)Nc1cc(F)c(C(=O)N[C@@H](Cc2ccc(-c3c(C)n(C)c(=O)n(C)c3=O)c3c2OCCO3)C(=O)O)c(F)c1.CC[C@H](C)Nc1cc(F)c(C(=O)N[C@@H](Cc2ccc(-c3c(C)n(C)c(=O)n(C)c3=O)c3c2OCCO3)C(=O)OC)c(F)c1.O.[Li+].[OH-]. The molecule has 0 saturated heterocycles. The molecule has 2 amide bonds. The van der Waals surface area contributed by atoms with Gasteiger partial charge in [-0.05, 0) is 135 Å². The van der Waals surface area contributed by atoms with E-state index in [1.54, 1.807) is 39.1 Å². The van der Waals surface area contributed by atoms with Gasteiger partial charge in [0.1, 0.15) is 125 Å². The monoisotopic (exact) mass is 1850 g/mol. The number of carboxylic acids is 2. The van der Waals surface area contributed by atoms with E-state index in [1.807, 2.05) is 38.3 Å². The number of fused-ring (bicyclic) bond motifs is 2. The van der Waals surface area contributed by atoms with Crippen LogP contribution in [0.2, 0.25) is 0 Å². The summed E-state index contributed by atoms with van der Waals surface area (Å²) in [5.41, 5.74) is -4.81. The summed E-state index contributed by atoms with van der Waals surface area (Å²) in [4.78, 5) is 124. The van der Waals surface area contributed by atoms with Crippen molar-refractivity contribution in [2.24, 2.45) is 28.2 Å². The van der Waals surface area contributed by atoms with Gasteiger partial charge in [0.25, 0.3) is 22.9 Å². The van der Waals surface area contributed by atoms with Crippen LogP contribution < -0.4 is 92.2 Å². The zero-order valence-electron chi connectivity index (χ0n) is 73.4. The minimum absolute atomic E-state index is 0. The van der Waals surface area contributed by atoms with E-state index in [4.69, 9.17) is 33.5 Å². The van der Waals surface area contributed by atoms with Gasteiger partial charge in [0.05, 0.1) is 18.2 Å². The number of halogens is 14. The Kier molecular flexibility index (Phi) is 38.9. The standard InChI is InChI=1S/C30H34F2N4O7.C29H32F2N4O7.C15H18F5NO2.C11H10F5NO2.Li.2H2O/c1-7-15(2)33-18-13-20(31)24(21(32)14-18)27(37)34-22(29(39)41-6)12-17-8-9-19(26-25(17)42-10-11-43-26)23-16(3)35(4)30(40)36(5)28(23)38;1-6-14(2)32-17-12-19(30)23(20(31)13-17)26(36)33-21(28(38)39)11-16-7-8-18(25-24(16)41-9-10-42-25)22-15(3)34(4)29(40)35(5)27(22)37;1-5-11(15(18,19)20)21-8-6-9(16)12(10(17)7-8)13(22)23-14(2,3)4;1-2-8(11(14,15)16)17-5-3-6(12)9(10(18)19)7(13)4-5;;;/h8-9,13-15,22,33H,7,10-12H2,1-6H3,(H,34,37);7-8,12-14,21,32H,6,9-11H2,1-5H3,(H,33,36)(H,38,39);6-7,11,21H,5H2,1-4H3;3-4,8,17H,2H2,1H3,(H,18,19);;2*1H2/q;;;;+1;;/p-1/t15-,22-;14-,21-;11-;8-;;;/m0011.../s1. The number of ether oxygens (including phenoxy) is 6. The molecule has 30 nitrogen and oxygen atoms in total. The Labute approximate surface area is 745 Å². The van der Waals surface area contributed by atoms with Crippen LogP contribution in [0.5, 0.6) is 23.0 Å². The first-order valence-electron chi connectivity index (χ1n) is 39.2. The Balaban J connectivity index is 0.000000379. The number of rotatable bonds is 26. The summed E-state index contributed by atoms with van der Waals surface area (Å²) in [7, 11) is 6.92. The number of nitrogens with one attached hydrogen (secondary N) is 6. The molecule has 0 spiro atoms. The molecule has 2 aliphatic heterocycles. The van der Waals surface area contributed by atoms with Crippen molar-refractivity contribution in [1.82, 2.24) is 28.9 Å². The summed E-state index contributed by atoms with van der Waals surface area (Å²) in [6.45, 7) is 18.4. The van der Waals surface area contributed by atoms with Crippen LogP contribution in [0.4, 0.5) is 84.2 Å². The molecule has 45 heteroatoms. The van der Waals surface area contributed by atoms with Crippen LogP contribution in [-0.4, -0.2) is 163 Å². The van der Waals surface area contributed by atoms with Gasteiger partial charge in [-0.2, -0.15) is 26.3 Å². The molecule has 0 fully saturated rings. The number of aliphatic carboxylic acids is 1. The summed E-state index contributed by atoms with van der Waals surface area (Å²) >= 11 is 0. The van der Waals surface area contributed by atoms with E-state index in [1.165, 1.54) is 71.0 Å². The van der Waals surface area contributed by atoms with Crippen molar-refractivity contribution in [3.05, 3.63) is 206 Å². The maximum Gasteiger partial charge on any atom is 1.00 e. The maximum atomic E-state index is 14.9. The van der Waals surface area contributed by atoms with Gasteiger partial charge in [0.2, 0.25) is 0 Å². The van der Waals surface area contributed by atoms with Gasteiger partial charge in [-0.25, -0.2) is 63.9 Å². The number of alkyl halides is 6. The Hall–Kier alpha value is -12.6. The largest absolute Gasteiger partial charge is 1.00 e. The van der Waals surface area contributed by atoms with E-state index >= 15 is 0 Å². The van der Waals surface area contributed by atoms with E-state index < -0.39 is 180 Å². The number of carbonyl (C=O) groups is 6. The van der Waals surface area contributed by atoms with Crippen molar-refractivity contribution in [2.75, 3.05) is 54.8 Å². The Morgan fingerprint density at radius 1 is 0.462 bits per heavy atom. The number of hydrogen-bond acceptors (Lipinski definition) is 21. The molecule has 6 aromatic carbocycles. The van der Waals surface area contributed by atoms with E-state index in [2.05, 4.69) is 21.3 Å². The number of benzene rings is 6. The van der Waals surface area contributed by atoms with Crippen molar-refractivity contribution in [1.29, 1.82) is 0 Å². The molecule has 8 aromatic rings. The van der Waals surface area contributed by atoms with Gasteiger partial charge in [-0.15, -0.1) is 0 Å². The molecule has 0 bridgehead atoms. The first-order valence-corrected chi connectivity index (χ1v) is 39.2. The summed E-state index contributed by atoms with van der Waals surface area (Å²) in [6, 6.07) is 5.54. The van der Waals surface area contributed by atoms with Crippen LogP contribution >= 0.6 is 0 Å². The molecule has 2 aromatic heterocycles. The number of aromatic nitrogens is 4. The first-order chi connectivity index (χ1) is 59.2. The minimum Gasteiger partial charge on any atom is -0.870 e. The summed E-state index contributed by atoms with van der Waals surface area (Å²) in [6.07, 6.45) is -8.90. The summed E-state index contributed by atoms with van der Waals surface area (Å²) in [5.74, 6) is -16.9. The van der Waals surface area contributed by atoms with Gasteiger partial charge in [0, 0.05) is 110 Å². The number of carboxylic acid groups (broad SMARTS) is 2. The number of hydrogen-bond donors (Lipinski definition) is 8. The van der Waals surface area contributed by atoms with E-state index in [0.29, 0.717) is 70.7 Å². The second kappa shape index (κ2) is 46.1. The summed E-state index contributed by atoms with van der Waals surface area (Å²) < 4.78 is 227. The second-order valence-corrected chi connectivity index (χ2v) is 30.2. The molecule has 11 N–H and O–H groups in total. The minimum atomic E-state index is -4.58.